The molecule has 0 bridgehead atoms. The van der Waals surface area contributed by atoms with E-state index < -0.39 is 0 Å². The molecule has 0 aromatic rings. The summed E-state index contributed by atoms with van der Waals surface area (Å²) in [6, 6.07) is 0. The van der Waals surface area contributed by atoms with E-state index in [1.54, 1.807) is 0 Å². The number of rotatable bonds is 6. The van der Waals surface area contributed by atoms with Gasteiger partial charge in [0.25, 0.3) is 0 Å². The van der Waals surface area contributed by atoms with Gasteiger partial charge in [0.15, 0.2) is 0 Å². The molecule has 0 aliphatic carbocycles. The molecule has 0 aliphatic heterocycles. The zero-order chi connectivity index (χ0) is 9.23. The molecule has 0 aromatic heterocycles. The summed E-state index contributed by atoms with van der Waals surface area (Å²) in [5.74, 6) is -0.217. The molecule has 0 heterocycles. The van der Waals surface area contributed by atoms with Crippen LogP contribution in [0.15, 0.2) is 6.08 Å². The maximum atomic E-state index is 10.3. The average Bonchev–Trinajstić information content (AvgIpc) is 2.02. The summed E-state index contributed by atoms with van der Waals surface area (Å²) in [5.41, 5.74) is 0. The molecule has 0 radical (unpaired) electrons. The van der Waals surface area contributed by atoms with Gasteiger partial charge in [-0.1, -0.05) is 26.2 Å². The Balaban J connectivity index is 0. The average molecular weight is 233 g/mol. The Bertz CT molecular complexity index is 144. The Morgan fingerprint density at radius 3 is 2.77 bits per heavy atom. The number of hydrogen-bond donors (Lipinski definition) is 0. The Hall–Kier alpha value is -0.271. The summed E-state index contributed by atoms with van der Waals surface area (Å²) in [6.07, 6.45) is 9.31. The van der Waals surface area contributed by atoms with E-state index in [2.05, 4.69) is 13.0 Å². The topological polar surface area (TPSA) is 26.3 Å². The van der Waals surface area contributed by atoms with Crippen molar-refractivity contribution in [1.82, 2.24) is 0 Å². The number of carbonyl (C=O) groups is 1. The zero-order valence-electron chi connectivity index (χ0n) is 8.23. The first-order valence-electron chi connectivity index (χ1n) is 4.45. The van der Waals surface area contributed by atoms with Crippen molar-refractivity contribution in [3.05, 3.63) is 12.2 Å². The third-order valence-electron chi connectivity index (χ3n) is 1.40. The molecule has 0 saturated heterocycles. The van der Waals surface area contributed by atoms with Crippen LogP contribution in [0.5, 0.6) is 0 Å². The van der Waals surface area contributed by atoms with E-state index in [4.69, 9.17) is 4.74 Å². The fourth-order valence-electron chi connectivity index (χ4n) is 0.764. The van der Waals surface area contributed by atoms with Gasteiger partial charge < -0.3 is 10.8 Å². The molecular formula is C10H17CuO2. The number of unbranched alkanes of at least 4 members (excludes halogenated alkanes) is 2. The van der Waals surface area contributed by atoms with Crippen molar-refractivity contribution in [2.45, 2.75) is 39.5 Å². The molecule has 0 atom stereocenters. The number of carbonyl (C=O) groups excluding carboxylic acids is 1. The molecule has 0 amide bonds. The molecule has 80 valence electrons. The van der Waals surface area contributed by atoms with Gasteiger partial charge in [-0.25, -0.2) is 0 Å². The molecule has 0 saturated carbocycles. The molecule has 0 aromatic carbocycles. The van der Waals surface area contributed by atoms with Crippen molar-refractivity contribution in [2.75, 3.05) is 6.61 Å². The molecule has 3 heteroatoms. The maximum absolute atomic E-state index is 10.3. The SMILES string of the molecule is CCCCC=[C-]CCOC(C)=O.[Cu+]. The second-order valence-corrected chi connectivity index (χ2v) is 2.64. The standard InChI is InChI=1S/C10H17O2.Cu/c1-3-4-5-6-7-8-9-12-10(2)11;/h6H,3-5,8-9H2,1-2H3;/q-1;+1. The van der Waals surface area contributed by atoms with Crippen LogP contribution in [0.3, 0.4) is 0 Å². The van der Waals surface area contributed by atoms with E-state index in [0.717, 1.165) is 6.42 Å². The van der Waals surface area contributed by atoms with E-state index in [-0.39, 0.29) is 23.0 Å². The summed E-state index contributed by atoms with van der Waals surface area (Å²) >= 11 is 0. The number of allylic oxidation sites excluding steroid dienone is 1. The normalized spacial score (nSPS) is 9.69. The van der Waals surface area contributed by atoms with Gasteiger partial charge in [0.2, 0.25) is 0 Å². The summed E-state index contributed by atoms with van der Waals surface area (Å²) in [4.78, 5) is 10.3. The van der Waals surface area contributed by atoms with Crippen molar-refractivity contribution in [2.24, 2.45) is 0 Å². The first-order chi connectivity index (χ1) is 5.77. The molecule has 0 N–H and O–H groups in total. The second-order valence-electron chi connectivity index (χ2n) is 2.64. The van der Waals surface area contributed by atoms with Crippen molar-refractivity contribution in [1.29, 1.82) is 0 Å². The van der Waals surface area contributed by atoms with Crippen LogP contribution < -0.4 is 0 Å². The van der Waals surface area contributed by atoms with Crippen LogP contribution in [0.4, 0.5) is 0 Å². The fraction of sp³-hybridized carbons (Fsp3) is 0.700. The minimum atomic E-state index is -0.217. The Morgan fingerprint density at radius 1 is 1.54 bits per heavy atom. The molecule has 0 rings (SSSR count). The minimum Gasteiger partial charge on any atom is -0.497 e. The van der Waals surface area contributed by atoms with Gasteiger partial charge in [0.1, 0.15) is 0 Å². The molecule has 0 spiro atoms. The summed E-state index contributed by atoms with van der Waals surface area (Å²) in [7, 11) is 0. The maximum Gasteiger partial charge on any atom is 1.00 e. The van der Waals surface area contributed by atoms with E-state index >= 15 is 0 Å². The number of ether oxygens (including phenoxy) is 1. The first kappa shape index (κ1) is 15.2. The van der Waals surface area contributed by atoms with Crippen molar-refractivity contribution >= 4 is 5.97 Å². The van der Waals surface area contributed by atoms with Gasteiger partial charge in [-0.05, 0) is 0 Å². The van der Waals surface area contributed by atoms with Crippen molar-refractivity contribution in [3.8, 4) is 0 Å². The van der Waals surface area contributed by atoms with Gasteiger partial charge in [-0.15, -0.1) is 0 Å². The zero-order valence-corrected chi connectivity index (χ0v) is 9.17. The third-order valence-corrected chi connectivity index (χ3v) is 1.40. The number of hydrogen-bond acceptors (Lipinski definition) is 2. The third kappa shape index (κ3) is 14.6. The molecule has 0 fully saturated rings. The smallest absolute Gasteiger partial charge is 0.497 e. The van der Waals surface area contributed by atoms with Gasteiger partial charge in [0, 0.05) is 6.92 Å². The van der Waals surface area contributed by atoms with Crippen LogP contribution in [-0.4, -0.2) is 12.6 Å². The summed E-state index contributed by atoms with van der Waals surface area (Å²) in [6.45, 7) is 4.03. The van der Waals surface area contributed by atoms with E-state index in [9.17, 15) is 4.79 Å². The van der Waals surface area contributed by atoms with E-state index in [1.807, 2.05) is 6.08 Å². The Kier molecular flexibility index (Phi) is 13.7. The Labute approximate surface area is 91.2 Å². The summed E-state index contributed by atoms with van der Waals surface area (Å²) in [5, 5.41) is 0. The van der Waals surface area contributed by atoms with Crippen molar-refractivity contribution < 1.29 is 26.6 Å². The quantitative estimate of drug-likeness (QED) is 0.305. The van der Waals surface area contributed by atoms with Crippen LogP contribution >= 0.6 is 0 Å². The van der Waals surface area contributed by atoms with Crippen LogP contribution in [0.1, 0.15) is 39.5 Å². The Morgan fingerprint density at radius 2 is 2.23 bits per heavy atom. The largest absolute Gasteiger partial charge is 1.00 e. The van der Waals surface area contributed by atoms with Gasteiger partial charge in [-0.3, -0.25) is 10.9 Å². The minimum absolute atomic E-state index is 0. The summed E-state index contributed by atoms with van der Waals surface area (Å²) < 4.78 is 4.73. The second kappa shape index (κ2) is 11.7. The first-order valence-corrected chi connectivity index (χ1v) is 4.45. The van der Waals surface area contributed by atoms with Gasteiger partial charge in [-0.2, -0.15) is 6.42 Å². The predicted molar refractivity (Wildman–Crippen MR) is 48.6 cm³/mol. The van der Waals surface area contributed by atoms with Crippen LogP contribution in [0.25, 0.3) is 0 Å². The van der Waals surface area contributed by atoms with Crippen LogP contribution in [-0.2, 0) is 26.6 Å². The molecule has 2 nitrogen and oxygen atoms in total. The van der Waals surface area contributed by atoms with Crippen molar-refractivity contribution in [3.63, 3.8) is 0 Å². The predicted octanol–water partition coefficient (Wildman–Crippen LogP) is 2.49. The van der Waals surface area contributed by atoms with Gasteiger partial charge in [0.05, 0.1) is 6.61 Å². The van der Waals surface area contributed by atoms with E-state index in [0.29, 0.717) is 13.0 Å². The van der Waals surface area contributed by atoms with Gasteiger partial charge >= 0.3 is 23.0 Å². The molecule has 13 heavy (non-hydrogen) atoms. The molecular weight excluding hydrogens is 216 g/mol. The molecule has 0 aliphatic rings. The monoisotopic (exact) mass is 232 g/mol. The fourth-order valence-corrected chi connectivity index (χ4v) is 0.764. The van der Waals surface area contributed by atoms with Crippen LogP contribution in [0, 0.1) is 6.08 Å². The van der Waals surface area contributed by atoms with E-state index in [1.165, 1.54) is 19.8 Å². The number of esters is 1. The van der Waals surface area contributed by atoms with Crippen LogP contribution in [0.2, 0.25) is 0 Å². The molecule has 0 unspecified atom stereocenters.